The lowest BCUT2D eigenvalue weighted by Gasteiger charge is -1.95. The molecule has 0 aliphatic carbocycles. The molecule has 0 aliphatic rings. The molecule has 2 heterocycles. The first kappa shape index (κ1) is 12.6. The van der Waals surface area contributed by atoms with Gasteiger partial charge in [0.2, 0.25) is 0 Å². The van der Waals surface area contributed by atoms with E-state index < -0.39 is 0 Å². The number of hydrogen-bond acceptors (Lipinski definition) is 4. The maximum Gasteiger partial charge on any atom is 0.143 e. The van der Waals surface area contributed by atoms with Gasteiger partial charge in [-0.3, -0.25) is 0 Å². The zero-order chi connectivity index (χ0) is 13.0. The minimum absolute atomic E-state index is 0.509. The van der Waals surface area contributed by atoms with Crippen molar-refractivity contribution in [1.29, 1.82) is 0 Å². The first-order chi connectivity index (χ1) is 8.65. The van der Waals surface area contributed by atoms with E-state index in [-0.39, 0.29) is 0 Å². The summed E-state index contributed by atoms with van der Waals surface area (Å²) >= 11 is 1.54. The quantitative estimate of drug-likeness (QED) is 0.841. The van der Waals surface area contributed by atoms with E-state index in [1.54, 1.807) is 6.07 Å². The van der Waals surface area contributed by atoms with Crippen LogP contribution in [0.5, 0.6) is 0 Å². The molecule has 0 spiro atoms. The summed E-state index contributed by atoms with van der Waals surface area (Å²) in [6.07, 6.45) is 0.892. The highest BCUT2D eigenvalue weighted by Crippen LogP contribution is 2.22. The fraction of sp³-hybridized carbons (Fsp3) is 0.286. The molecule has 2 aromatic heterocycles. The van der Waals surface area contributed by atoms with Gasteiger partial charge < -0.3 is 5.73 Å². The van der Waals surface area contributed by atoms with Gasteiger partial charge in [-0.05, 0) is 24.0 Å². The topological polar surface area (TPSA) is 51.8 Å². The van der Waals surface area contributed by atoms with Crippen molar-refractivity contribution in [2.75, 3.05) is 5.73 Å². The molecular weight excluding hydrogens is 242 g/mol. The van der Waals surface area contributed by atoms with Gasteiger partial charge in [0.1, 0.15) is 22.2 Å². The van der Waals surface area contributed by atoms with Crippen molar-refractivity contribution in [3.05, 3.63) is 29.3 Å². The lowest BCUT2D eigenvalue weighted by Crippen LogP contribution is -1.91. The van der Waals surface area contributed by atoms with E-state index >= 15 is 0 Å². The van der Waals surface area contributed by atoms with Crippen molar-refractivity contribution in [3.8, 4) is 22.5 Å². The number of thiazole rings is 1. The minimum atomic E-state index is 0.509. The Hall–Kier alpha value is -1.86. The molecule has 0 aromatic carbocycles. The molecule has 0 radical (unpaired) electrons. The first-order valence-electron chi connectivity index (χ1n) is 5.82. The summed E-state index contributed by atoms with van der Waals surface area (Å²) in [7, 11) is 0. The van der Waals surface area contributed by atoms with Crippen molar-refractivity contribution < 1.29 is 0 Å². The van der Waals surface area contributed by atoms with Crippen molar-refractivity contribution in [2.24, 2.45) is 5.92 Å². The van der Waals surface area contributed by atoms with Crippen LogP contribution in [0.15, 0.2) is 23.6 Å². The summed E-state index contributed by atoms with van der Waals surface area (Å²) in [5.74, 6) is 7.30. The molecule has 0 unspecified atom stereocenters. The average molecular weight is 257 g/mol. The Morgan fingerprint density at radius 1 is 1.33 bits per heavy atom. The maximum absolute atomic E-state index is 5.65. The molecule has 0 fully saturated rings. The van der Waals surface area contributed by atoms with E-state index in [0.717, 1.165) is 22.8 Å². The Labute approximate surface area is 111 Å². The third-order valence-electron chi connectivity index (χ3n) is 2.22. The average Bonchev–Trinajstić information content (AvgIpc) is 2.77. The number of rotatable bonds is 2. The second kappa shape index (κ2) is 5.65. The molecular formula is C14H15N3S. The molecule has 0 aliphatic heterocycles. The molecule has 0 atom stereocenters. The Balaban J connectivity index is 2.17. The normalized spacial score (nSPS) is 10.2. The number of hydrogen-bond donors (Lipinski definition) is 1. The van der Waals surface area contributed by atoms with Gasteiger partial charge in [0.25, 0.3) is 0 Å². The summed E-state index contributed by atoms with van der Waals surface area (Å²) in [5, 5.41) is 2.81. The third kappa shape index (κ3) is 3.31. The zero-order valence-electron chi connectivity index (χ0n) is 10.5. The van der Waals surface area contributed by atoms with Crippen LogP contribution in [0, 0.1) is 17.8 Å². The highest BCUT2D eigenvalue weighted by molar-refractivity contribution is 7.13. The zero-order valence-corrected chi connectivity index (χ0v) is 11.3. The first-order valence-corrected chi connectivity index (χ1v) is 6.70. The number of nitrogens with two attached hydrogens (primary N) is 1. The monoisotopic (exact) mass is 257 g/mol. The maximum atomic E-state index is 5.65. The number of nitrogens with zero attached hydrogens (tertiary/aromatic N) is 2. The summed E-state index contributed by atoms with van der Waals surface area (Å²) in [4.78, 5) is 8.69. The predicted octanol–water partition coefficient (Wildman–Crippen LogP) is 3.18. The molecule has 3 nitrogen and oxygen atoms in total. The highest BCUT2D eigenvalue weighted by atomic mass is 32.1. The van der Waals surface area contributed by atoms with Crippen LogP contribution in [-0.2, 0) is 0 Å². The Morgan fingerprint density at radius 2 is 2.17 bits per heavy atom. The molecule has 2 rings (SSSR count). The fourth-order valence-corrected chi connectivity index (χ4v) is 2.09. The van der Waals surface area contributed by atoms with Gasteiger partial charge in [-0.1, -0.05) is 25.8 Å². The van der Waals surface area contributed by atoms with Gasteiger partial charge in [0.15, 0.2) is 0 Å². The SMILES string of the molecule is CC(C)CC#Cc1csc(-c2cccc(N)n2)n1. The van der Waals surface area contributed by atoms with Crippen LogP contribution < -0.4 is 5.73 Å². The van der Waals surface area contributed by atoms with Crippen LogP contribution in [-0.4, -0.2) is 9.97 Å². The molecule has 4 heteroatoms. The van der Waals surface area contributed by atoms with Gasteiger partial charge in [-0.25, -0.2) is 9.97 Å². The number of aromatic nitrogens is 2. The molecule has 92 valence electrons. The smallest absolute Gasteiger partial charge is 0.143 e. The van der Waals surface area contributed by atoms with Crippen LogP contribution in [0.2, 0.25) is 0 Å². The molecule has 0 saturated heterocycles. The van der Waals surface area contributed by atoms with Gasteiger partial charge in [0.05, 0.1) is 0 Å². The van der Waals surface area contributed by atoms with Gasteiger partial charge in [-0.2, -0.15) is 0 Å². The van der Waals surface area contributed by atoms with Crippen molar-refractivity contribution in [3.63, 3.8) is 0 Å². The summed E-state index contributed by atoms with van der Waals surface area (Å²) in [6, 6.07) is 5.55. The van der Waals surface area contributed by atoms with Crippen molar-refractivity contribution >= 4 is 17.2 Å². The lowest BCUT2D eigenvalue weighted by molar-refractivity contribution is 0.676. The molecule has 2 aromatic rings. The van der Waals surface area contributed by atoms with Crippen LogP contribution in [0.25, 0.3) is 10.7 Å². The van der Waals surface area contributed by atoms with Crippen molar-refractivity contribution in [2.45, 2.75) is 20.3 Å². The van der Waals surface area contributed by atoms with E-state index in [2.05, 4.69) is 35.7 Å². The van der Waals surface area contributed by atoms with Crippen LogP contribution >= 0.6 is 11.3 Å². The predicted molar refractivity (Wildman–Crippen MR) is 76.1 cm³/mol. The second-order valence-electron chi connectivity index (χ2n) is 4.39. The number of nitrogen functional groups attached to an aromatic ring is 1. The number of anilines is 1. The van der Waals surface area contributed by atoms with E-state index in [1.807, 2.05) is 17.5 Å². The van der Waals surface area contributed by atoms with Crippen LogP contribution in [0.4, 0.5) is 5.82 Å². The van der Waals surface area contributed by atoms with E-state index in [1.165, 1.54) is 11.3 Å². The standard InChI is InChI=1S/C14H15N3S/c1-10(2)5-3-6-11-9-18-14(16-11)12-7-4-8-13(15)17-12/h4,7-10H,5H2,1-2H3,(H2,15,17). The Kier molecular flexibility index (Phi) is 3.96. The van der Waals surface area contributed by atoms with E-state index in [4.69, 9.17) is 5.73 Å². The molecule has 0 bridgehead atoms. The Morgan fingerprint density at radius 3 is 2.89 bits per heavy atom. The second-order valence-corrected chi connectivity index (χ2v) is 5.24. The van der Waals surface area contributed by atoms with Gasteiger partial charge >= 0.3 is 0 Å². The van der Waals surface area contributed by atoms with Crippen LogP contribution in [0.1, 0.15) is 26.0 Å². The minimum Gasteiger partial charge on any atom is -0.384 e. The number of pyridine rings is 1. The van der Waals surface area contributed by atoms with E-state index in [9.17, 15) is 0 Å². The summed E-state index contributed by atoms with van der Waals surface area (Å²) in [6.45, 7) is 4.30. The van der Waals surface area contributed by atoms with Crippen molar-refractivity contribution in [1.82, 2.24) is 9.97 Å². The molecule has 18 heavy (non-hydrogen) atoms. The van der Waals surface area contributed by atoms with Crippen LogP contribution in [0.3, 0.4) is 0 Å². The third-order valence-corrected chi connectivity index (χ3v) is 3.09. The van der Waals surface area contributed by atoms with E-state index in [0.29, 0.717) is 11.7 Å². The Bertz CT molecular complexity index is 590. The van der Waals surface area contributed by atoms with Gasteiger partial charge in [-0.15, -0.1) is 11.3 Å². The summed E-state index contributed by atoms with van der Waals surface area (Å²) < 4.78 is 0. The lowest BCUT2D eigenvalue weighted by atomic mass is 10.1. The molecule has 2 N–H and O–H groups in total. The molecule has 0 saturated carbocycles. The highest BCUT2D eigenvalue weighted by Gasteiger charge is 2.04. The molecule has 0 amide bonds. The summed E-state index contributed by atoms with van der Waals surface area (Å²) in [5.41, 5.74) is 7.26. The van der Waals surface area contributed by atoms with Gasteiger partial charge in [0, 0.05) is 11.8 Å². The largest absolute Gasteiger partial charge is 0.384 e. The fourth-order valence-electron chi connectivity index (χ4n) is 1.37.